The van der Waals surface area contributed by atoms with E-state index in [2.05, 4.69) is 0 Å². The lowest BCUT2D eigenvalue weighted by molar-refractivity contribution is -0.137. The third kappa shape index (κ3) is 3.23. The summed E-state index contributed by atoms with van der Waals surface area (Å²) in [5.41, 5.74) is 6.73. The number of aromatic hydroxyl groups is 1. The maximum absolute atomic E-state index is 10.5. The van der Waals surface area contributed by atoms with Gasteiger partial charge in [-0.15, -0.1) is 0 Å². The number of carboxylic acid groups (broad SMARTS) is 1. The van der Waals surface area contributed by atoms with Crippen LogP contribution in [0.25, 0.3) is 10.8 Å². The highest BCUT2D eigenvalue weighted by Crippen LogP contribution is 2.28. The molecule has 1 atom stereocenters. The molecular weight excluding hydrogens is 242 g/mol. The SMILES string of the molecule is NC(CCC(=O)O)Cc1c(O)ccc2ccccc12. The number of carboxylic acids is 1. The van der Waals surface area contributed by atoms with Gasteiger partial charge in [-0.05, 0) is 29.7 Å². The monoisotopic (exact) mass is 259 g/mol. The number of aliphatic carboxylic acids is 1. The second-order valence-electron chi connectivity index (χ2n) is 4.68. The molecule has 0 aromatic heterocycles. The Bertz CT molecular complexity index is 595. The summed E-state index contributed by atoms with van der Waals surface area (Å²) in [6.45, 7) is 0. The molecular formula is C15H17NO3. The summed E-state index contributed by atoms with van der Waals surface area (Å²) in [6.07, 6.45) is 0.922. The van der Waals surface area contributed by atoms with Crippen molar-refractivity contribution in [2.75, 3.05) is 0 Å². The summed E-state index contributed by atoms with van der Waals surface area (Å²) >= 11 is 0. The molecule has 0 aliphatic carbocycles. The Balaban J connectivity index is 2.24. The van der Waals surface area contributed by atoms with Crippen LogP contribution in [0.3, 0.4) is 0 Å². The first-order chi connectivity index (χ1) is 9.08. The number of phenols is 1. The van der Waals surface area contributed by atoms with Gasteiger partial charge in [-0.3, -0.25) is 4.79 Å². The Kier molecular flexibility index (Phi) is 4.02. The van der Waals surface area contributed by atoms with Gasteiger partial charge in [0, 0.05) is 18.0 Å². The van der Waals surface area contributed by atoms with Crippen LogP contribution in [-0.4, -0.2) is 22.2 Å². The van der Waals surface area contributed by atoms with Crippen molar-refractivity contribution in [1.29, 1.82) is 0 Å². The van der Waals surface area contributed by atoms with Crippen LogP contribution in [0.1, 0.15) is 18.4 Å². The van der Waals surface area contributed by atoms with E-state index in [9.17, 15) is 9.90 Å². The van der Waals surface area contributed by atoms with E-state index >= 15 is 0 Å². The second kappa shape index (κ2) is 5.71. The molecule has 4 N–H and O–H groups in total. The summed E-state index contributed by atoms with van der Waals surface area (Å²) in [4.78, 5) is 10.5. The quantitative estimate of drug-likeness (QED) is 0.769. The van der Waals surface area contributed by atoms with Gasteiger partial charge in [0.15, 0.2) is 0 Å². The summed E-state index contributed by atoms with van der Waals surface area (Å²) in [5.74, 6) is -0.637. The van der Waals surface area contributed by atoms with Gasteiger partial charge in [-0.25, -0.2) is 0 Å². The van der Waals surface area contributed by atoms with Gasteiger partial charge in [0.05, 0.1) is 0 Å². The van der Waals surface area contributed by atoms with Gasteiger partial charge >= 0.3 is 5.97 Å². The van der Waals surface area contributed by atoms with Gasteiger partial charge in [0.25, 0.3) is 0 Å². The van der Waals surface area contributed by atoms with Crippen molar-refractivity contribution in [1.82, 2.24) is 0 Å². The van der Waals surface area contributed by atoms with Gasteiger partial charge in [0.2, 0.25) is 0 Å². The fourth-order valence-electron chi connectivity index (χ4n) is 2.21. The summed E-state index contributed by atoms with van der Waals surface area (Å²) in [7, 11) is 0. The minimum atomic E-state index is -0.849. The third-order valence-corrected chi connectivity index (χ3v) is 3.21. The number of phenolic OH excluding ortho intramolecular Hbond substituents is 1. The normalized spacial score (nSPS) is 12.5. The molecule has 0 amide bonds. The van der Waals surface area contributed by atoms with Crippen molar-refractivity contribution in [2.24, 2.45) is 5.73 Å². The Morgan fingerprint density at radius 3 is 2.68 bits per heavy atom. The maximum atomic E-state index is 10.5. The van der Waals surface area contributed by atoms with Gasteiger partial charge in [0.1, 0.15) is 5.75 Å². The Morgan fingerprint density at radius 2 is 1.95 bits per heavy atom. The van der Waals surface area contributed by atoms with E-state index < -0.39 is 5.97 Å². The molecule has 0 heterocycles. The predicted molar refractivity (Wildman–Crippen MR) is 74.2 cm³/mol. The number of benzene rings is 2. The molecule has 0 aliphatic rings. The van der Waals surface area contributed by atoms with Gasteiger partial charge in [-0.2, -0.15) is 0 Å². The highest BCUT2D eigenvalue weighted by molar-refractivity contribution is 5.87. The highest BCUT2D eigenvalue weighted by Gasteiger charge is 2.12. The lowest BCUT2D eigenvalue weighted by Gasteiger charge is -2.14. The number of fused-ring (bicyclic) bond motifs is 1. The second-order valence-corrected chi connectivity index (χ2v) is 4.68. The first kappa shape index (κ1) is 13.4. The van der Waals surface area contributed by atoms with Crippen molar-refractivity contribution in [3.8, 4) is 5.75 Å². The molecule has 0 aliphatic heterocycles. The van der Waals surface area contributed by atoms with Crippen LogP contribution in [0.5, 0.6) is 5.75 Å². The zero-order valence-corrected chi connectivity index (χ0v) is 10.5. The standard InChI is InChI=1S/C15H17NO3/c16-11(6-8-15(18)19)9-13-12-4-2-1-3-10(12)5-7-14(13)17/h1-5,7,11,17H,6,8-9,16H2,(H,18,19). The molecule has 100 valence electrons. The minimum absolute atomic E-state index is 0.0483. The van der Waals surface area contributed by atoms with Crippen LogP contribution in [0.4, 0.5) is 0 Å². The average molecular weight is 259 g/mol. The fourth-order valence-corrected chi connectivity index (χ4v) is 2.21. The molecule has 0 bridgehead atoms. The molecule has 1 unspecified atom stereocenters. The fraction of sp³-hybridized carbons (Fsp3) is 0.267. The number of hydrogen-bond donors (Lipinski definition) is 3. The zero-order valence-electron chi connectivity index (χ0n) is 10.5. The summed E-state index contributed by atoms with van der Waals surface area (Å²) < 4.78 is 0. The van der Waals surface area contributed by atoms with Gasteiger partial charge in [-0.1, -0.05) is 30.3 Å². The number of nitrogens with two attached hydrogens (primary N) is 1. The van der Waals surface area contributed by atoms with E-state index in [1.807, 2.05) is 30.3 Å². The predicted octanol–water partition coefficient (Wildman–Crippen LogP) is 2.28. The Morgan fingerprint density at radius 1 is 1.21 bits per heavy atom. The molecule has 0 saturated carbocycles. The molecule has 2 aromatic rings. The van der Waals surface area contributed by atoms with Gasteiger partial charge < -0.3 is 15.9 Å². The molecule has 19 heavy (non-hydrogen) atoms. The molecule has 2 aromatic carbocycles. The van der Waals surface area contributed by atoms with E-state index in [0.29, 0.717) is 12.8 Å². The van der Waals surface area contributed by atoms with E-state index in [-0.39, 0.29) is 18.2 Å². The van der Waals surface area contributed by atoms with Crippen molar-refractivity contribution >= 4 is 16.7 Å². The average Bonchev–Trinajstić information content (AvgIpc) is 2.40. The lowest BCUT2D eigenvalue weighted by atomic mass is 9.96. The molecule has 4 heteroatoms. The maximum Gasteiger partial charge on any atom is 0.303 e. The first-order valence-electron chi connectivity index (χ1n) is 6.25. The van der Waals surface area contributed by atoms with Crippen molar-refractivity contribution < 1.29 is 15.0 Å². The van der Waals surface area contributed by atoms with E-state index in [0.717, 1.165) is 16.3 Å². The van der Waals surface area contributed by atoms with Crippen LogP contribution in [0.15, 0.2) is 36.4 Å². The van der Waals surface area contributed by atoms with E-state index in [1.165, 1.54) is 0 Å². The van der Waals surface area contributed by atoms with E-state index in [4.69, 9.17) is 10.8 Å². The lowest BCUT2D eigenvalue weighted by Crippen LogP contribution is -2.24. The minimum Gasteiger partial charge on any atom is -0.508 e. The zero-order chi connectivity index (χ0) is 13.8. The van der Waals surface area contributed by atoms with Crippen LogP contribution < -0.4 is 5.73 Å². The van der Waals surface area contributed by atoms with Crippen molar-refractivity contribution in [3.63, 3.8) is 0 Å². The smallest absolute Gasteiger partial charge is 0.303 e. The largest absolute Gasteiger partial charge is 0.508 e. The highest BCUT2D eigenvalue weighted by atomic mass is 16.4. The summed E-state index contributed by atoms with van der Waals surface area (Å²) in [5, 5.41) is 20.6. The molecule has 0 radical (unpaired) electrons. The Hall–Kier alpha value is -2.07. The number of rotatable bonds is 5. The topological polar surface area (TPSA) is 83.6 Å². The molecule has 0 spiro atoms. The third-order valence-electron chi connectivity index (χ3n) is 3.21. The van der Waals surface area contributed by atoms with E-state index in [1.54, 1.807) is 6.07 Å². The van der Waals surface area contributed by atoms with Crippen LogP contribution >= 0.6 is 0 Å². The van der Waals surface area contributed by atoms with Crippen molar-refractivity contribution in [2.45, 2.75) is 25.3 Å². The number of hydrogen-bond acceptors (Lipinski definition) is 3. The first-order valence-corrected chi connectivity index (χ1v) is 6.25. The number of carbonyl (C=O) groups is 1. The van der Waals surface area contributed by atoms with Crippen LogP contribution in [0, 0.1) is 0 Å². The van der Waals surface area contributed by atoms with Crippen molar-refractivity contribution in [3.05, 3.63) is 42.0 Å². The van der Waals surface area contributed by atoms with Crippen LogP contribution in [0.2, 0.25) is 0 Å². The molecule has 0 saturated heterocycles. The molecule has 2 rings (SSSR count). The molecule has 0 fully saturated rings. The molecule has 4 nitrogen and oxygen atoms in total. The Labute approximate surface area is 111 Å². The summed E-state index contributed by atoms with van der Waals surface area (Å²) in [6, 6.07) is 11.0. The van der Waals surface area contributed by atoms with Crippen LogP contribution in [-0.2, 0) is 11.2 Å².